The standard InChI is InChI=1S/C22H24N2O8.C3H5NO2/c25-21(31-19-13-9-17(10-14-19)23(27)28)7-5-3-1-2-4-6-8-22(26)32-20-15-11-18(12-16-20)24(29)30;1-2-3-4(5)6/h9-16H,1-8H2;2H,1,3H2. The van der Waals surface area contributed by atoms with Crippen LogP contribution in [0, 0.1) is 30.3 Å². The summed E-state index contributed by atoms with van der Waals surface area (Å²) < 4.78 is 10.3. The van der Waals surface area contributed by atoms with Crippen molar-refractivity contribution in [3.8, 4) is 11.5 Å². The molecule has 0 bridgehead atoms. The monoisotopic (exact) mass is 531 g/mol. The molecule has 0 heterocycles. The zero-order valence-corrected chi connectivity index (χ0v) is 20.7. The summed E-state index contributed by atoms with van der Waals surface area (Å²) in [5, 5.41) is 30.5. The lowest BCUT2D eigenvalue weighted by Gasteiger charge is -2.05. The SMILES string of the molecule is C=CC[N+](=O)[O-].O=C(CCCCCCCCC(=O)Oc1ccc([N+](=O)[O-])cc1)Oc1ccc([N+](=O)[O-])cc1. The van der Waals surface area contributed by atoms with Crippen LogP contribution in [0.5, 0.6) is 11.5 Å². The summed E-state index contributed by atoms with van der Waals surface area (Å²) >= 11 is 0. The summed E-state index contributed by atoms with van der Waals surface area (Å²) in [5.41, 5.74) is -0.131. The van der Waals surface area contributed by atoms with Gasteiger partial charge in [0, 0.05) is 42.0 Å². The highest BCUT2D eigenvalue weighted by Crippen LogP contribution is 2.19. The molecule has 0 aromatic heterocycles. The van der Waals surface area contributed by atoms with Crippen molar-refractivity contribution >= 4 is 23.3 Å². The van der Waals surface area contributed by atoms with Crippen LogP contribution in [0.25, 0.3) is 0 Å². The molecule has 2 aromatic carbocycles. The Morgan fingerprint density at radius 1 is 0.658 bits per heavy atom. The van der Waals surface area contributed by atoms with Crippen LogP contribution in [0.1, 0.15) is 51.4 Å². The number of nitro groups is 3. The van der Waals surface area contributed by atoms with Crippen LogP contribution < -0.4 is 9.47 Å². The number of nitro benzene ring substituents is 2. The molecule has 2 rings (SSSR count). The minimum Gasteiger partial charge on any atom is -0.427 e. The van der Waals surface area contributed by atoms with E-state index >= 15 is 0 Å². The first kappa shape index (κ1) is 31.4. The molecule has 0 spiro atoms. The highest BCUT2D eigenvalue weighted by molar-refractivity contribution is 5.72. The van der Waals surface area contributed by atoms with Gasteiger partial charge in [-0.25, -0.2) is 0 Å². The van der Waals surface area contributed by atoms with Crippen molar-refractivity contribution in [1.82, 2.24) is 0 Å². The third-order valence-electron chi connectivity index (χ3n) is 4.85. The van der Waals surface area contributed by atoms with Crippen LogP contribution in [0.15, 0.2) is 61.2 Å². The van der Waals surface area contributed by atoms with Crippen molar-refractivity contribution in [2.24, 2.45) is 0 Å². The molecular formula is C25H29N3O10. The van der Waals surface area contributed by atoms with E-state index in [4.69, 9.17) is 9.47 Å². The number of nitrogens with zero attached hydrogens (tertiary/aromatic N) is 3. The number of non-ortho nitro benzene ring substituents is 2. The fourth-order valence-corrected chi connectivity index (χ4v) is 2.99. The van der Waals surface area contributed by atoms with Crippen molar-refractivity contribution in [2.45, 2.75) is 51.4 Å². The summed E-state index contributed by atoms with van der Waals surface area (Å²) in [6.07, 6.45) is 6.66. The van der Waals surface area contributed by atoms with Gasteiger partial charge >= 0.3 is 11.9 Å². The lowest BCUT2D eigenvalue weighted by atomic mass is 10.1. The van der Waals surface area contributed by atoms with Crippen molar-refractivity contribution in [1.29, 1.82) is 0 Å². The number of rotatable bonds is 15. The molecule has 0 radical (unpaired) electrons. The van der Waals surface area contributed by atoms with E-state index in [-0.39, 0.29) is 54.2 Å². The largest absolute Gasteiger partial charge is 0.427 e. The van der Waals surface area contributed by atoms with E-state index in [9.17, 15) is 39.9 Å². The van der Waals surface area contributed by atoms with Gasteiger partial charge in [0.05, 0.1) is 9.85 Å². The molecular weight excluding hydrogens is 502 g/mol. The molecule has 0 unspecified atom stereocenters. The molecule has 0 atom stereocenters. The van der Waals surface area contributed by atoms with Gasteiger partial charge in [-0.2, -0.15) is 0 Å². The maximum atomic E-state index is 11.8. The average molecular weight is 532 g/mol. The van der Waals surface area contributed by atoms with E-state index in [2.05, 4.69) is 6.58 Å². The second-order valence-corrected chi connectivity index (χ2v) is 7.88. The van der Waals surface area contributed by atoms with Crippen LogP contribution in [0.4, 0.5) is 11.4 Å². The highest BCUT2D eigenvalue weighted by atomic mass is 16.6. The van der Waals surface area contributed by atoms with Gasteiger partial charge in [0.2, 0.25) is 6.54 Å². The quantitative estimate of drug-likeness (QED) is 0.0701. The van der Waals surface area contributed by atoms with Gasteiger partial charge in [0.15, 0.2) is 0 Å². The first-order valence-electron chi connectivity index (χ1n) is 11.7. The molecule has 13 heteroatoms. The Hall–Kier alpha value is -4.68. The number of esters is 2. The van der Waals surface area contributed by atoms with Crippen molar-refractivity contribution in [3.05, 3.63) is 91.5 Å². The van der Waals surface area contributed by atoms with Gasteiger partial charge < -0.3 is 9.47 Å². The number of hydrogen-bond acceptors (Lipinski definition) is 10. The first-order chi connectivity index (χ1) is 18.1. The second kappa shape index (κ2) is 17.7. The van der Waals surface area contributed by atoms with E-state index in [0.29, 0.717) is 12.8 Å². The Morgan fingerprint density at radius 2 is 1.00 bits per heavy atom. The molecule has 0 saturated carbocycles. The Labute approximate surface area is 218 Å². The molecule has 13 nitrogen and oxygen atoms in total. The first-order valence-corrected chi connectivity index (χ1v) is 11.7. The fraction of sp³-hybridized carbons (Fsp3) is 0.360. The normalized spacial score (nSPS) is 9.89. The predicted octanol–water partition coefficient (Wildman–Crippen LogP) is 5.58. The zero-order chi connectivity index (χ0) is 28.3. The van der Waals surface area contributed by atoms with E-state index in [0.717, 1.165) is 25.7 Å². The molecule has 0 aliphatic rings. The van der Waals surface area contributed by atoms with Crippen LogP contribution in [0.2, 0.25) is 0 Å². The lowest BCUT2D eigenvalue weighted by molar-refractivity contribution is -0.468. The fourth-order valence-electron chi connectivity index (χ4n) is 2.99. The topological polar surface area (TPSA) is 182 Å². The Morgan fingerprint density at radius 3 is 1.26 bits per heavy atom. The number of unbranched alkanes of at least 4 members (excludes halogenated alkanes) is 5. The maximum absolute atomic E-state index is 11.8. The van der Waals surface area contributed by atoms with Gasteiger partial charge in [0.25, 0.3) is 11.4 Å². The van der Waals surface area contributed by atoms with Crippen LogP contribution >= 0.6 is 0 Å². The van der Waals surface area contributed by atoms with Gasteiger partial charge in [-0.15, -0.1) is 0 Å². The van der Waals surface area contributed by atoms with Crippen molar-refractivity contribution < 1.29 is 33.8 Å². The summed E-state index contributed by atoms with van der Waals surface area (Å²) in [5.74, 6) is -0.205. The molecule has 0 aliphatic heterocycles. The molecule has 0 amide bonds. The average Bonchev–Trinajstić information content (AvgIpc) is 2.86. The molecule has 0 aliphatic carbocycles. The van der Waals surface area contributed by atoms with Gasteiger partial charge in [-0.1, -0.05) is 32.3 Å². The minimum atomic E-state index is -0.520. The number of ether oxygens (including phenoxy) is 2. The van der Waals surface area contributed by atoms with E-state index in [1.807, 2.05) is 0 Å². The molecule has 2 aromatic rings. The zero-order valence-electron chi connectivity index (χ0n) is 20.7. The Balaban J connectivity index is 0.00000107. The van der Waals surface area contributed by atoms with Gasteiger partial charge in [-0.3, -0.25) is 39.9 Å². The number of carbonyl (C=O) groups excluding carboxylic acids is 2. The third-order valence-corrected chi connectivity index (χ3v) is 4.85. The number of hydrogen-bond donors (Lipinski definition) is 0. The second-order valence-electron chi connectivity index (χ2n) is 7.88. The Bertz CT molecular complexity index is 1010. The van der Waals surface area contributed by atoms with Gasteiger partial charge in [0.1, 0.15) is 11.5 Å². The number of benzene rings is 2. The molecule has 38 heavy (non-hydrogen) atoms. The lowest BCUT2D eigenvalue weighted by Crippen LogP contribution is -2.07. The van der Waals surface area contributed by atoms with Crippen LogP contribution in [0.3, 0.4) is 0 Å². The third kappa shape index (κ3) is 14.0. The van der Waals surface area contributed by atoms with Crippen LogP contribution in [-0.2, 0) is 9.59 Å². The van der Waals surface area contributed by atoms with E-state index < -0.39 is 14.8 Å². The molecule has 0 saturated heterocycles. The number of carbonyl (C=O) groups is 2. The molecule has 0 N–H and O–H groups in total. The summed E-state index contributed by atoms with van der Waals surface area (Å²) in [4.78, 5) is 52.7. The summed E-state index contributed by atoms with van der Waals surface area (Å²) in [6.45, 7) is 3.02. The maximum Gasteiger partial charge on any atom is 0.311 e. The molecule has 204 valence electrons. The smallest absolute Gasteiger partial charge is 0.311 e. The van der Waals surface area contributed by atoms with Crippen molar-refractivity contribution in [2.75, 3.05) is 6.54 Å². The highest BCUT2D eigenvalue weighted by Gasteiger charge is 2.09. The summed E-state index contributed by atoms with van der Waals surface area (Å²) in [6, 6.07) is 10.7. The minimum absolute atomic E-state index is 0.0654. The van der Waals surface area contributed by atoms with Crippen molar-refractivity contribution in [3.63, 3.8) is 0 Å². The van der Waals surface area contributed by atoms with Gasteiger partial charge in [-0.05, 0) is 43.2 Å². The predicted molar refractivity (Wildman–Crippen MR) is 136 cm³/mol. The van der Waals surface area contributed by atoms with E-state index in [1.54, 1.807) is 0 Å². The Kier molecular flexibility index (Phi) is 14.6. The van der Waals surface area contributed by atoms with E-state index in [1.165, 1.54) is 54.6 Å². The summed E-state index contributed by atoms with van der Waals surface area (Å²) in [7, 11) is 0. The van der Waals surface area contributed by atoms with Crippen LogP contribution in [-0.4, -0.2) is 33.3 Å². The molecule has 0 fully saturated rings.